The number of nitrogens with zero attached hydrogens (tertiary/aromatic N) is 1. The maximum Gasteiger partial charge on any atom is 0.338 e. The molecular formula is C26H33N3O9S2. The van der Waals surface area contributed by atoms with E-state index in [9.17, 15) is 26.4 Å². The second-order valence-electron chi connectivity index (χ2n) is 10.7. The van der Waals surface area contributed by atoms with Crippen molar-refractivity contribution < 1.29 is 40.6 Å². The fourth-order valence-corrected chi connectivity index (χ4v) is 6.89. The number of esters is 1. The monoisotopic (exact) mass is 595 g/mol. The van der Waals surface area contributed by atoms with Crippen LogP contribution in [0.15, 0.2) is 39.0 Å². The maximum absolute atomic E-state index is 12.6. The van der Waals surface area contributed by atoms with E-state index in [-0.39, 0.29) is 45.8 Å². The minimum atomic E-state index is -3.61. The van der Waals surface area contributed by atoms with Gasteiger partial charge in [0.05, 0.1) is 12.7 Å². The summed E-state index contributed by atoms with van der Waals surface area (Å²) in [6, 6.07) is 5.69. The number of sulfone groups is 2. The number of ether oxygens (including phenoxy) is 3. The summed E-state index contributed by atoms with van der Waals surface area (Å²) >= 11 is 0. The average molecular weight is 596 g/mol. The third-order valence-corrected chi connectivity index (χ3v) is 11.6. The summed E-state index contributed by atoms with van der Waals surface area (Å²) < 4.78 is 63.6. The highest BCUT2D eigenvalue weighted by atomic mass is 32.2. The van der Waals surface area contributed by atoms with E-state index < -0.39 is 41.0 Å². The minimum absolute atomic E-state index is 0.0153. The van der Waals surface area contributed by atoms with E-state index in [0.29, 0.717) is 16.9 Å². The van der Waals surface area contributed by atoms with E-state index in [1.54, 1.807) is 47.6 Å². The highest BCUT2D eigenvalue weighted by Crippen LogP contribution is 2.40. The van der Waals surface area contributed by atoms with Crippen molar-refractivity contribution in [1.29, 1.82) is 0 Å². The van der Waals surface area contributed by atoms with Crippen molar-refractivity contribution in [1.82, 2.24) is 0 Å². The number of hydrogen-bond acceptors (Lipinski definition) is 9. The van der Waals surface area contributed by atoms with Gasteiger partial charge >= 0.3 is 5.97 Å². The summed E-state index contributed by atoms with van der Waals surface area (Å²) in [5, 5.41) is 0. The molecule has 14 heteroatoms. The summed E-state index contributed by atoms with van der Waals surface area (Å²) in [6.45, 7) is 9.87. The van der Waals surface area contributed by atoms with E-state index in [1.165, 1.54) is 25.3 Å². The molecule has 2 aromatic rings. The molecule has 0 saturated heterocycles. The number of amides is 1. The second kappa shape index (κ2) is 10.4. The van der Waals surface area contributed by atoms with E-state index in [2.05, 4.69) is 9.73 Å². The molecule has 4 rings (SSSR count). The normalized spacial score (nSPS) is 18.7. The first-order valence-electron chi connectivity index (χ1n) is 12.0. The molecule has 0 aliphatic carbocycles. The molecule has 0 radical (unpaired) electrons. The molecule has 1 amide bonds. The zero-order valence-corrected chi connectivity index (χ0v) is 24.9. The summed E-state index contributed by atoms with van der Waals surface area (Å²) in [4.78, 5) is 27.1. The Morgan fingerprint density at radius 1 is 0.800 bits per heavy atom. The van der Waals surface area contributed by atoms with Gasteiger partial charge in [-0.3, -0.25) is 4.79 Å². The number of fused-ring (bicyclic) bond motifs is 2. The molecule has 0 bridgehead atoms. The molecular weight excluding hydrogens is 562 g/mol. The van der Waals surface area contributed by atoms with E-state index in [0.717, 1.165) is 0 Å². The zero-order valence-electron chi connectivity index (χ0n) is 23.3. The smallest absolute Gasteiger partial charge is 0.338 e. The molecule has 0 spiro atoms. The van der Waals surface area contributed by atoms with Crippen LogP contribution in [-0.4, -0.2) is 64.5 Å². The molecule has 218 valence electrons. The quantitative estimate of drug-likeness (QED) is 0.293. The van der Waals surface area contributed by atoms with Gasteiger partial charge in [0.25, 0.3) is 5.91 Å². The van der Waals surface area contributed by atoms with Crippen LogP contribution in [0.25, 0.3) is 0 Å². The summed E-state index contributed by atoms with van der Waals surface area (Å²) in [7, 11) is -5.88. The number of hydrogen-bond donors (Lipinski definition) is 2. The van der Waals surface area contributed by atoms with Crippen LogP contribution < -0.4 is 20.9 Å². The van der Waals surface area contributed by atoms with Crippen molar-refractivity contribution in [3.63, 3.8) is 0 Å². The van der Waals surface area contributed by atoms with E-state index >= 15 is 0 Å². The zero-order chi connectivity index (χ0) is 30.4. The largest absolute Gasteiger partial charge is 0.491 e. The van der Waals surface area contributed by atoms with E-state index in [1.807, 2.05) is 0 Å². The van der Waals surface area contributed by atoms with Gasteiger partial charge in [-0.25, -0.2) is 21.6 Å². The molecule has 2 aliphatic heterocycles. The standard InChI is InChI=1S/C13H17N3O4S.C13H16O5S/c1-7-4-9-10(5-8(7)11(17)16-12(14)15)21(18,19)13(2,3)6-20-9;1-8-5-10-11(6-9(8)12(14)17-4)19(15,16)13(2,3)7-18-10/h4-5H,6H2,1-3H3,(H4,14,15,16,17);5-6H,7H2,1-4H3. The molecule has 0 atom stereocenters. The first-order chi connectivity index (χ1) is 18.3. The van der Waals surface area contributed by atoms with Gasteiger partial charge in [-0.2, -0.15) is 4.99 Å². The number of aryl methyl sites for hydroxylation is 2. The van der Waals surface area contributed by atoms with E-state index in [4.69, 9.17) is 20.9 Å². The highest BCUT2D eigenvalue weighted by molar-refractivity contribution is 7.93. The van der Waals surface area contributed by atoms with Gasteiger partial charge in [-0.05, 0) is 76.9 Å². The predicted molar refractivity (Wildman–Crippen MR) is 147 cm³/mol. The number of rotatable bonds is 2. The molecule has 0 fully saturated rings. The number of methoxy groups -OCH3 is 1. The van der Waals surface area contributed by atoms with Crippen LogP contribution in [0.4, 0.5) is 0 Å². The Kier molecular flexibility index (Phi) is 8.02. The van der Waals surface area contributed by atoms with Crippen molar-refractivity contribution in [2.24, 2.45) is 16.5 Å². The predicted octanol–water partition coefficient (Wildman–Crippen LogP) is 2.08. The Morgan fingerprint density at radius 2 is 1.20 bits per heavy atom. The maximum atomic E-state index is 12.6. The molecule has 2 aliphatic rings. The molecule has 2 aromatic carbocycles. The number of guanidine groups is 1. The Balaban J connectivity index is 0.000000222. The van der Waals surface area contributed by atoms with Gasteiger partial charge in [-0.15, -0.1) is 0 Å². The SMILES string of the molecule is COC(=O)c1cc2c(cc1C)OCC(C)(C)S2(=O)=O.Cc1cc2c(cc1C(=O)N=C(N)N)S(=O)(=O)C(C)(C)CO2. The molecule has 2 heterocycles. The number of carbonyl (C=O) groups excluding carboxylic acids is 2. The first kappa shape index (κ1) is 30.9. The Labute approximate surface area is 233 Å². The van der Waals surface area contributed by atoms with Gasteiger partial charge in [-0.1, -0.05) is 0 Å². The minimum Gasteiger partial charge on any atom is -0.491 e. The van der Waals surface area contributed by atoms with Gasteiger partial charge in [0.15, 0.2) is 25.6 Å². The van der Waals surface area contributed by atoms with Crippen LogP contribution >= 0.6 is 0 Å². The molecule has 12 nitrogen and oxygen atoms in total. The van der Waals surface area contributed by atoms with Crippen molar-refractivity contribution in [3.8, 4) is 11.5 Å². The number of aliphatic imine (C=N–C) groups is 1. The summed E-state index contributed by atoms with van der Waals surface area (Å²) in [5.41, 5.74) is 11.9. The average Bonchev–Trinajstić information content (AvgIpc) is 2.83. The highest BCUT2D eigenvalue weighted by Gasteiger charge is 2.44. The van der Waals surface area contributed by atoms with Crippen molar-refractivity contribution in [2.75, 3.05) is 20.3 Å². The molecule has 4 N–H and O–H groups in total. The molecule has 0 unspecified atom stereocenters. The van der Waals surface area contributed by atoms with Crippen LogP contribution in [0.3, 0.4) is 0 Å². The Bertz CT molecular complexity index is 1640. The number of carbonyl (C=O) groups is 2. The van der Waals surface area contributed by atoms with Gasteiger partial charge in [0, 0.05) is 5.56 Å². The Morgan fingerprint density at radius 3 is 1.60 bits per heavy atom. The lowest BCUT2D eigenvalue weighted by atomic mass is 10.1. The van der Waals surface area contributed by atoms with Crippen LogP contribution in [0.5, 0.6) is 11.5 Å². The fraction of sp³-hybridized carbons (Fsp3) is 0.423. The number of nitrogens with two attached hydrogens (primary N) is 2. The third-order valence-electron chi connectivity index (χ3n) is 6.63. The van der Waals surface area contributed by atoms with Gasteiger partial charge < -0.3 is 25.7 Å². The Hall–Kier alpha value is -3.65. The van der Waals surface area contributed by atoms with Crippen molar-refractivity contribution >= 4 is 37.5 Å². The van der Waals surface area contributed by atoms with Crippen LogP contribution in [0.2, 0.25) is 0 Å². The second-order valence-corrected chi connectivity index (χ2v) is 15.8. The molecule has 40 heavy (non-hydrogen) atoms. The lowest BCUT2D eigenvalue weighted by molar-refractivity contribution is 0.0599. The van der Waals surface area contributed by atoms with Gasteiger partial charge in [0.2, 0.25) is 0 Å². The lowest BCUT2D eigenvalue weighted by Gasteiger charge is -2.31. The molecule has 0 saturated carbocycles. The van der Waals surface area contributed by atoms with Crippen molar-refractivity contribution in [2.45, 2.75) is 60.8 Å². The van der Waals surface area contributed by atoms with Crippen LogP contribution in [0, 0.1) is 13.8 Å². The van der Waals surface area contributed by atoms with Gasteiger partial charge in [0.1, 0.15) is 44.0 Å². The summed E-state index contributed by atoms with van der Waals surface area (Å²) in [6.07, 6.45) is 0. The number of benzene rings is 2. The topological polar surface area (TPSA) is 195 Å². The lowest BCUT2D eigenvalue weighted by Crippen LogP contribution is -2.42. The van der Waals surface area contributed by atoms with Crippen LogP contribution in [0.1, 0.15) is 59.5 Å². The molecule has 0 aromatic heterocycles. The fourth-order valence-electron chi connectivity index (χ4n) is 3.96. The van der Waals surface area contributed by atoms with Crippen LogP contribution in [-0.2, 0) is 24.4 Å². The van der Waals surface area contributed by atoms with Crippen molar-refractivity contribution in [3.05, 3.63) is 46.5 Å². The summed E-state index contributed by atoms with van der Waals surface area (Å²) in [5.74, 6) is -1.08. The third kappa shape index (κ3) is 5.37. The first-order valence-corrected chi connectivity index (χ1v) is 15.0.